The third kappa shape index (κ3) is 5.49. The molecule has 0 bridgehead atoms. The lowest BCUT2D eigenvalue weighted by molar-refractivity contribution is 0.0943. The number of benzene rings is 4. The fraction of sp³-hybridized carbons (Fsp3) is 0.138. The van der Waals surface area contributed by atoms with Crippen LogP contribution < -0.4 is 5.32 Å². The minimum Gasteiger partial charge on any atom is -0.341 e. The van der Waals surface area contributed by atoms with Crippen LogP contribution in [0.2, 0.25) is 0 Å². The van der Waals surface area contributed by atoms with Gasteiger partial charge in [-0.25, -0.2) is 0 Å². The minimum atomic E-state index is -0.193. The summed E-state index contributed by atoms with van der Waals surface area (Å²) in [5.74, 6) is 0.806. The van der Waals surface area contributed by atoms with Crippen molar-refractivity contribution in [1.29, 1.82) is 0 Å². The summed E-state index contributed by atoms with van der Waals surface area (Å²) < 4.78 is 0. The van der Waals surface area contributed by atoms with Crippen LogP contribution in [0.4, 0.5) is 0 Å². The van der Waals surface area contributed by atoms with Crippen molar-refractivity contribution < 1.29 is 4.79 Å². The van der Waals surface area contributed by atoms with Gasteiger partial charge in [-0.1, -0.05) is 84.4 Å². The average Bonchev–Trinajstić information content (AvgIpc) is 2.83. The number of thioether (sulfide) groups is 1. The average molecular weight is 438 g/mol. The summed E-state index contributed by atoms with van der Waals surface area (Å²) in [5.41, 5.74) is 6.48. The van der Waals surface area contributed by atoms with Gasteiger partial charge in [-0.2, -0.15) is 0 Å². The highest BCUT2D eigenvalue weighted by atomic mass is 32.2. The van der Waals surface area contributed by atoms with E-state index in [1.54, 1.807) is 11.8 Å². The third-order valence-corrected chi connectivity index (χ3v) is 6.63. The van der Waals surface area contributed by atoms with Crippen molar-refractivity contribution in [2.24, 2.45) is 0 Å². The van der Waals surface area contributed by atoms with Gasteiger partial charge in [-0.05, 0) is 60.4 Å². The number of aryl methyl sites for hydroxylation is 2. The van der Waals surface area contributed by atoms with Gasteiger partial charge in [-0.3, -0.25) is 4.79 Å². The smallest absolute Gasteiger partial charge is 0.252 e. The Labute approximate surface area is 194 Å². The van der Waals surface area contributed by atoms with Crippen LogP contribution in [0.25, 0.3) is 0 Å². The van der Waals surface area contributed by atoms with Crippen LogP contribution in [0.1, 0.15) is 44.2 Å². The molecule has 1 atom stereocenters. The molecule has 0 spiro atoms. The second-order valence-electron chi connectivity index (χ2n) is 7.97. The van der Waals surface area contributed by atoms with Crippen LogP contribution in [-0.2, 0) is 5.75 Å². The van der Waals surface area contributed by atoms with Gasteiger partial charge in [0.1, 0.15) is 0 Å². The third-order valence-electron chi connectivity index (χ3n) is 5.55. The lowest BCUT2D eigenvalue weighted by atomic mass is 9.94. The topological polar surface area (TPSA) is 29.1 Å². The molecule has 32 heavy (non-hydrogen) atoms. The molecule has 1 amide bonds. The zero-order valence-electron chi connectivity index (χ0n) is 18.4. The highest BCUT2D eigenvalue weighted by molar-refractivity contribution is 7.98. The van der Waals surface area contributed by atoms with Gasteiger partial charge >= 0.3 is 0 Å². The molecule has 0 aliphatic rings. The van der Waals surface area contributed by atoms with Crippen molar-refractivity contribution >= 4 is 17.7 Å². The van der Waals surface area contributed by atoms with Gasteiger partial charge in [0, 0.05) is 16.2 Å². The quantitative estimate of drug-likeness (QED) is 0.312. The molecule has 0 saturated carbocycles. The van der Waals surface area contributed by atoms with Gasteiger partial charge in [-0.15, -0.1) is 11.8 Å². The molecule has 0 heterocycles. The second kappa shape index (κ2) is 10.3. The molecule has 0 fully saturated rings. The first kappa shape index (κ1) is 21.9. The summed E-state index contributed by atoms with van der Waals surface area (Å²) in [6.45, 7) is 4.18. The largest absolute Gasteiger partial charge is 0.341 e. The molecule has 4 rings (SSSR count). The van der Waals surface area contributed by atoms with E-state index in [1.165, 1.54) is 16.0 Å². The van der Waals surface area contributed by atoms with E-state index < -0.39 is 0 Å². The zero-order chi connectivity index (χ0) is 22.3. The van der Waals surface area contributed by atoms with Crippen molar-refractivity contribution in [3.8, 4) is 0 Å². The molecule has 1 N–H and O–H groups in total. The standard InChI is InChI=1S/C29H27NOS/c1-21-12-18-26(19-13-21)32-20-23-14-16-25(17-15-23)29(31)30-28(24-9-4-3-5-10-24)27-11-7-6-8-22(27)2/h3-19,28H,20H2,1-2H3,(H,30,31)/t28-/m1/s1. The first-order valence-corrected chi connectivity index (χ1v) is 11.8. The van der Waals surface area contributed by atoms with Crippen LogP contribution in [0, 0.1) is 13.8 Å². The Morgan fingerprint density at radius 1 is 0.781 bits per heavy atom. The monoisotopic (exact) mass is 437 g/mol. The summed E-state index contributed by atoms with van der Waals surface area (Å²) in [5, 5.41) is 3.25. The highest BCUT2D eigenvalue weighted by Gasteiger charge is 2.19. The first-order chi connectivity index (χ1) is 15.6. The van der Waals surface area contributed by atoms with Gasteiger partial charge in [0.25, 0.3) is 5.91 Å². The Morgan fingerprint density at radius 3 is 2.12 bits per heavy atom. The zero-order valence-corrected chi connectivity index (χ0v) is 19.2. The summed E-state index contributed by atoms with van der Waals surface area (Å²) in [4.78, 5) is 14.4. The Hall–Kier alpha value is -3.30. The molecule has 0 aromatic heterocycles. The Balaban J connectivity index is 1.47. The number of amides is 1. The Bertz CT molecular complexity index is 1170. The number of hydrogen-bond acceptors (Lipinski definition) is 2. The van der Waals surface area contributed by atoms with Crippen LogP contribution in [0.3, 0.4) is 0 Å². The van der Waals surface area contributed by atoms with Gasteiger partial charge in [0.15, 0.2) is 0 Å². The van der Waals surface area contributed by atoms with E-state index >= 15 is 0 Å². The molecule has 2 nitrogen and oxygen atoms in total. The van der Waals surface area contributed by atoms with E-state index in [1.807, 2.05) is 54.6 Å². The second-order valence-corrected chi connectivity index (χ2v) is 9.02. The maximum Gasteiger partial charge on any atom is 0.252 e. The van der Waals surface area contributed by atoms with E-state index in [4.69, 9.17) is 0 Å². The van der Waals surface area contributed by atoms with Crippen molar-refractivity contribution in [1.82, 2.24) is 5.32 Å². The maximum atomic E-state index is 13.1. The molecule has 0 unspecified atom stereocenters. The molecule has 0 radical (unpaired) electrons. The van der Waals surface area contributed by atoms with Gasteiger partial charge < -0.3 is 5.32 Å². The van der Waals surface area contributed by atoms with Crippen LogP contribution in [0.5, 0.6) is 0 Å². The molecule has 0 aliphatic heterocycles. The summed E-state index contributed by atoms with van der Waals surface area (Å²) in [6.07, 6.45) is 0. The van der Waals surface area contributed by atoms with Crippen LogP contribution in [-0.4, -0.2) is 5.91 Å². The van der Waals surface area contributed by atoms with E-state index in [2.05, 4.69) is 67.7 Å². The molecule has 4 aromatic rings. The van der Waals surface area contributed by atoms with Crippen LogP contribution in [0.15, 0.2) is 108 Å². The van der Waals surface area contributed by atoms with Crippen molar-refractivity contribution in [3.05, 3.63) is 137 Å². The predicted octanol–water partition coefficient (Wildman–Crippen LogP) is 7.12. The Morgan fingerprint density at radius 2 is 1.44 bits per heavy atom. The van der Waals surface area contributed by atoms with Gasteiger partial charge in [0.2, 0.25) is 0 Å². The number of nitrogens with one attached hydrogen (secondary N) is 1. The van der Waals surface area contributed by atoms with Crippen molar-refractivity contribution in [2.45, 2.75) is 30.5 Å². The fourth-order valence-corrected chi connectivity index (χ4v) is 4.52. The van der Waals surface area contributed by atoms with E-state index in [0.29, 0.717) is 5.56 Å². The lowest BCUT2D eigenvalue weighted by Crippen LogP contribution is -2.29. The number of rotatable bonds is 7. The Kier molecular flexibility index (Phi) is 7.08. The predicted molar refractivity (Wildman–Crippen MR) is 134 cm³/mol. The molecule has 160 valence electrons. The number of carbonyl (C=O) groups is 1. The molecule has 3 heteroatoms. The van der Waals surface area contributed by atoms with Gasteiger partial charge in [0.05, 0.1) is 6.04 Å². The van der Waals surface area contributed by atoms with E-state index in [0.717, 1.165) is 22.4 Å². The van der Waals surface area contributed by atoms with Crippen molar-refractivity contribution in [2.75, 3.05) is 0 Å². The molecular weight excluding hydrogens is 410 g/mol. The van der Waals surface area contributed by atoms with Crippen LogP contribution >= 0.6 is 11.8 Å². The fourth-order valence-electron chi connectivity index (χ4n) is 3.66. The molecule has 0 aliphatic carbocycles. The first-order valence-electron chi connectivity index (χ1n) is 10.8. The highest BCUT2D eigenvalue weighted by Crippen LogP contribution is 2.26. The SMILES string of the molecule is Cc1ccc(SCc2ccc(C(=O)N[C@H](c3ccccc3)c3ccccc3C)cc2)cc1. The van der Waals surface area contributed by atoms with E-state index in [9.17, 15) is 4.79 Å². The normalized spacial score (nSPS) is 11.7. The maximum absolute atomic E-state index is 13.1. The van der Waals surface area contributed by atoms with E-state index in [-0.39, 0.29) is 11.9 Å². The lowest BCUT2D eigenvalue weighted by Gasteiger charge is -2.22. The molecular formula is C29H27NOS. The summed E-state index contributed by atoms with van der Waals surface area (Å²) in [7, 11) is 0. The minimum absolute atomic E-state index is 0.0696. The molecule has 4 aromatic carbocycles. The number of hydrogen-bond donors (Lipinski definition) is 1. The summed E-state index contributed by atoms with van der Waals surface area (Å²) in [6, 6.07) is 34.6. The molecule has 0 saturated heterocycles. The number of carbonyl (C=O) groups excluding carboxylic acids is 1. The van der Waals surface area contributed by atoms with Crippen molar-refractivity contribution in [3.63, 3.8) is 0 Å². The summed E-state index contributed by atoms with van der Waals surface area (Å²) >= 11 is 1.80.